The first-order valence-corrected chi connectivity index (χ1v) is 15.5. The van der Waals surface area contributed by atoms with Crippen LogP contribution >= 0.6 is 0 Å². The van der Waals surface area contributed by atoms with Crippen molar-refractivity contribution >= 4 is 21.5 Å². The van der Waals surface area contributed by atoms with Crippen LogP contribution in [0, 0.1) is 0 Å². The molecule has 0 bridgehead atoms. The van der Waals surface area contributed by atoms with Gasteiger partial charge in [0, 0.05) is 30.4 Å². The Morgan fingerprint density at radius 3 is 2.00 bits per heavy atom. The number of hydrogen-bond donors (Lipinski definition) is 0. The van der Waals surface area contributed by atoms with Crippen LogP contribution in [0.5, 0.6) is 28.7 Å². The second kappa shape index (κ2) is 12.6. The van der Waals surface area contributed by atoms with Gasteiger partial charge in [0.1, 0.15) is 34.0 Å². The number of rotatable bonds is 10. The average molecular weight is 605 g/mol. The second-order valence-electron chi connectivity index (χ2n) is 10.2. The Labute approximate surface area is 253 Å². The maximum absolute atomic E-state index is 14.7. The molecule has 2 aliphatic rings. The van der Waals surface area contributed by atoms with Crippen molar-refractivity contribution in [3.8, 4) is 28.7 Å². The van der Waals surface area contributed by atoms with E-state index in [1.165, 1.54) is 7.11 Å². The molecular formula is C34H36O8S. The summed E-state index contributed by atoms with van der Waals surface area (Å²) in [7, 11) is 5.54. The summed E-state index contributed by atoms with van der Waals surface area (Å²) in [5.41, 5.74) is 4.65. The smallest absolute Gasteiger partial charge is 0.165 e. The standard InChI is InChI=1S/C34H36O8S/c1-37-24-11-7-21(8-12-24)20-43(35,36)34-29-17-27(40-4)19-31(42-6)33(29)28(22-9-13-25(38-2)14-10-22)16-23-15-26(39-3)18-30(41-5)32(23)34/h7-11,13-19,24,34H,12,20H2,1-6H3. The van der Waals surface area contributed by atoms with Gasteiger partial charge in [-0.25, -0.2) is 8.42 Å². The van der Waals surface area contributed by atoms with Gasteiger partial charge in [0.2, 0.25) is 0 Å². The highest BCUT2D eigenvalue weighted by Gasteiger charge is 2.39. The van der Waals surface area contributed by atoms with E-state index in [1.54, 1.807) is 53.7 Å². The quantitative estimate of drug-likeness (QED) is 0.277. The summed E-state index contributed by atoms with van der Waals surface area (Å²) in [6.07, 6.45) is 8.12. The molecule has 5 rings (SSSR count). The Morgan fingerprint density at radius 2 is 1.42 bits per heavy atom. The van der Waals surface area contributed by atoms with E-state index in [4.69, 9.17) is 28.4 Å². The van der Waals surface area contributed by atoms with E-state index in [1.807, 2.05) is 54.6 Å². The molecular weight excluding hydrogens is 568 g/mol. The highest BCUT2D eigenvalue weighted by molar-refractivity contribution is 7.92. The molecule has 0 heterocycles. The van der Waals surface area contributed by atoms with Crippen LogP contribution in [-0.4, -0.2) is 62.9 Å². The molecule has 0 aromatic heterocycles. The molecule has 0 spiro atoms. The van der Waals surface area contributed by atoms with Crippen molar-refractivity contribution in [2.24, 2.45) is 0 Å². The van der Waals surface area contributed by atoms with Gasteiger partial charge in [-0.2, -0.15) is 0 Å². The van der Waals surface area contributed by atoms with E-state index in [0.29, 0.717) is 63.0 Å². The number of hydrogen-bond acceptors (Lipinski definition) is 8. The van der Waals surface area contributed by atoms with Gasteiger partial charge >= 0.3 is 0 Å². The molecule has 43 heavy (non-hydrogen) atoms. The van der Waals surface area contributed by atoms with Crippen molar-refractivity contribution in [1.29, 1.82) is 0 Å². The molecule has 2 unspecified atom stereocenters. The lowest BCUT2D eigenvalue weighted by Gasteiger charge is -2.26. The number of sulfone groups is 1. The maximum atomic E-state index is 14.7. The zero-order chi connectivity index (χ0) is 30.7. The molecule has 0 aliphatic heterocycles. The lowest BCUT2D eigenvalue weighted by atomic mass is 9.91. The molecule has 0 saturated heterocycles. The van der Waals surface area contributed by atoms with Crippen molar-refractivity contribution in [3.05, 3.63) is 100 Å². The normalized spacial score (nSPS) is 17.5. The lowest BCUT2D eigenvalue weighted by molar-refractivity contribution is 0.142. The highest BCUT2D eigenvalue weighted by atomic mass is 32.2. The number of allylic oxidation sites excluding steroid dienone is 1. The molecule has 2 atom stereocenters. The van der Waals surface area contributed by atoms with Gasteiger partial charge in [0.25, 0.3) is 0 Å². The summed E-state index contributed by atoms with van der Waals surface area (Å²) in [6, 6.07) is 14.7. The van der Waals surface area contributed by atoms with Crippen molar-refractivity contribution in [2.75, 3.05) is 48.4 Å². The minimum Gasteiger partial charge on any atom is -0.497 e. The van der Waals surface area contributed by atoms with Gasteiger partial charge in [0.05, 0.1) is 47.4 Å². The molecule has 3 aromatic rings. The number of benzene rings is 3. The highest BCUT2D eigenvalue weighted by Crippen LogP contribution is 2.51. The Balaban J connectivity index is 1.84. The first-order chi connectivity index (χ1) is 20.8. The van der Waals surface area contributed by atoms with Crippen LogP contribution in [-0.2, 0) is 14.6 Å². The molecule has 0 radical (unpaired) electrons. The van der Waals surface area contributed by atoms with E-state index in [-0.39, 0.29) is 11.9 Å². The second-order valence-corrected chi connectivity index (χ2v) is 12.3. The van der Waals surface area contributed by atoms with Gasteiger partial charge in [-0.15, -0.1) is 0 Å². The van der Waals surface area contributed by atoms with E-state index < -0.39 is 15.1 Å². The van der Waals surface area contributed by atoms with Gasteiger partial charge in [-0.05, 0) is 64.6 Å². The number of ether oxygens (including phenoxy) is 6. The topological polar surface area (TPSA) is 89.5 Å². The molecule has 9 heteroatoms. The predicted octanol–water partition coefficient (Wildman–Crippen LogP) is 6.04. The van der Waals surface area contributed by atoms with Crippen molar-refractivity contribution < 1.29 is 36.8 Å². The number of fused-ring (bicyclic) bond motifs is 2. The fourth-order valence-electron chi connectivity index (χ4n) is 5.69. The molecule has 0 N–H and O–H groups in total. The third-order valence-electron chi connectivity index (χ3n) is 7.85. The van der Waals surface area contributed by atoms with Crippen LogP contribution in [0.1, 0.15) is 39.5 Å². The Kier molecular flexibility index (Phi) is 8.84. The molecule has 0 fully saturated rings. The molecule has 8 nitrogen and oxygen atoms in total. The minimum absolute atomic E-state index is 0.0804. The van der Waals surface area contributed by atoms with E-state index in [2.05, 4.69) is 0 Å². The van der Waals surface area contributed by atoms with Crippen LogP contribution in [0.15, 0.2) is 72.3 Å². The predicted molar refractivity (Wildman–Crippen MR) is 167 cm³/mol. The Hall–Kier alpha value is -4.21. The molecule has 2 aliphatic carbocycles. The third kappa shape index (κ3) is 5.87. The average Bonchev–Trinajstić information content (AvgIpc) is 3.19. The summed E-state index contributed by atoms with van der Waals surface area (Å²) in [6.45, 7) is 0. The van der Waals surface area contributed by atoms with Gasteiger partial charge in [-0.3, -0.25) is 0 Å². The van der Waals surface area contributed by atoms with Gasteiger partial charge in [-0.1, -0.05) is 30.4 Å². The Bertz CT molecular complexity index is 1700. The van der Waals surface area contributed by atoms with Crippen molar-refractivity contribution in [3.63, 3.8) is 0 Å². The summed E-state index contributed by atoms with van der Waals surface area (Å²) in [5.74, 6) is 2.41. The van der Waals surface area contributed by atoms with Gasteiger partial charge in [0.15, 0.2) is 9.84 Å². The first-order valence-electron chi connectivity index (χ1n) is 13.8. The first kappa shape index (κ1) is 30.3. The van der Waals surface area contributed by atoms with Crippen molar-refractivity contribution in [2.45, 2.75) is 17.8 Å². The minimum atomic E-state index is -3.92. The maximum Gasteiger partial charge on any atom is 0.165 e. The number of methoxy groups -OCH3 is 6. The van der Waals surface area contributed by atoms with Crippen LogP contribution in [0.25, 0.3) is 11.6 Å². The summed E-state index contributed by atoms with van der Waals surface area (Å²) in [5, 5.41) is -1.12. The van der Waals surface area contributed by atoms with E-state index >= 15 is 0 Å². The Morgan fingerprint density at radius 1 is 0.767 bits per heavy atom. The zero-order valence-electron chi connectivity index (χ0n) is 25.2. The van der Waals surface area contributed by atoms with Crippen LogP contribution in [0.3, 0.4) is 0 Å². The van der Waals surface area contributed by atoms with Crippen molar-refractivity contribution in [1.82, 2.24) is 0 Å². The van der Waals surface area contributed by atoms with Crippen LogP contribution < -0.4 is 23.7 Å². The monoisotopic (exact) mass is 604 g/mol. The largest absolute Gasteiger partial charge is 0.497 e. The van der Waals surface area contributed by atoms with Gasteiger partial charge < -0.3 is 28.4 Å². The molecule has 0 saturated carbocycles. The van der Waals surface area contributed by atoms with Crippen LogP contribution in [0.2, 0.25) is 0 Å². The lowest BCUT2D eigenvalue weighted by Crippen LogP contribution is -2.22. The van der Waals surface area contributed by atoms with Crippen LogP contribution in [0.4, 0.5) is 0 Å². The molecule has 3 aromatic carbocycles. The SMILES string of the molecule is COc1ccc(C2=Cc3cc(OC)cc(OC)c3C(S(=O)(=O)CC3=CCC(OC)C=C3)c3cc(OC)cc(OC)c32)cc1. The third-order valence-corrected chi connectivity index (χ3v) is 9.79. The fourth-order valence-corrected chi connectivity index (χ4v) is 7.72. The molecule has 226 valence electrons. The summed E-state index contributed by atoms with van der Waals surface area (Å²) < 4.78 is 63.3. The summed E-state index contributed by atoms with van der Waals surface area (Å²) in [4.78, 5) is 0. The van der Waals surface area contributed by atoms with E-state index in [0.717, 1.165) is 11.1 Å². The fraction of sp³-hybridized carbons (Fsp3) is 0.294. The summed E-state index contributed by atoms with van der Waals surface area (Å²) >= 11 is 0. The zero-order valence-corrected chi connectivity index (χ0v) is 26.0. The molecule has 0 amide bonds. The van der Waals surface area contributed by atoms with E-state index in [9.17, 15) is 8.42 Å².